The van der Waals surface area contributed by atoms with Crippen LogP contribution in [-0.2, 0) is 22.4 Å². The van der Waals surface area contributed by atoms with Crippen molar-refractivity contribution < 1.29 is 24.2 Å². The van der Waals surface area contributed by atoms with Crippen molar-refractivity contribution in [2.75, 3.05) is 13.7 Å². The van der Waals surface area contributed by atoms with Crippen molar-refractivity contribution in [3.8, 4) is 11.5 Å². The molecular weight excluding hydrogens is 372 g/mol. The molecule has 0 aliphatic carbocycles. The number of methoxy groups -OCH3 is 1. The van der Waals surface area contributed by atoms with Gasteiger partial charge in [0.05, 0.1) is 13.0 Å². The van der Waals surface area contributed by atoms with Gasteiger partial charge in [-0.3, -0.25) is 4.79 Å². The van der Waals surface area contributed by atoms with Crippen molar-refractivity contribution in [1.82, 2.24) is 10.3 Å². The van der Waals surface area contributed by atoms with Crippen molar-refractivity contribution in [2.45, 2.75) is 18.9 Å². The fourth-order valence-electron chi connectivity index (χ4n) is 3.68. The van der Waals surface area contributed by atoms with Crippen LogP contribution in [0, 0.1) is 5.92 Å². The molecule has 0 radical (unpaired) electrons. The van der Waals surface area contributed by atoms with Crippen LogP contribution in [0.25, 0.3) is 10.9 Å². The van der Waals surface area contributed by atoms with Crippen molar-refractivity contribution in [1.29, 1.82) is 0 Å². The number of aromatic nitrogens is 1. The summed E-state index contributed by atoms with van der Waals surface area (Å²) in [6.07, 6.45) is 2.46. The highest BCUT2D eigenvalue weighted by atomic mass is 16.5. The Morgan fingerprint density at radius 2 is 2.14 bits per heavy atom. The molecule has 1 amide bonds. The molecule has 7 heteroatoms. The van der Waals surface area contributed by atoms with Gasteiger partial charge >= 0.3 is 5.97 Å². The Morgan fingerprint density at radius 1 is 1.31 bits per heavy atom. The normalized spacial score (nSPS) is 16.5. The lowest BCUT2D eigenvalue weighted by molar-refractivity contribution is -0.142. The Balaban J connectivity index is 1.47. The summed E-state index contributed by atoms with van der Waals surface area (Å²) >= 11 is 0. The van der Waals surface area contributed by atoms with Gasteiger partial charge in [0.15, 0.2) is 0 Å². The van der Waals surface area contributed by atoms with E-state index in [0.717, 1.165) is 27.8 Å². The van der Waals surface area contributed by atoms with Crippen LogP contribution in [0.5, 0.6) is 11.5 Å². The number of carbonyl (C=O) groups is 2. The van der Waals surface area contributed by atoms with Gasteiger partial charge in [0.25, 0.3) is 0 Å². The molecular formula is C22H22N2O5. The molecule has 1 aromatic heterocycles. The maximum Gasteiger partial charge on any atom is 0.326 e. The average molecular weight is 394 g/mol. The number of nitrogens with one attached hydrogen (secondary N) is 2. The number of fused-ring (bicyclic) bond motifs is 2. The summed E-state index contributed by atoms with van der Waals surface area (Å²) in [6, 6.07) is 12.1. The van der Waals surface area contributed by atoms with Crippen LogP contribution in [0.3, 0.4) is 0 Å². The van der Waals surface area contributed by atoms with E-state index in [1.807, 2.05) is 36.4 Å². The van der Waals surface area contributed by atoms with E-state index >= 15 is 0 Å². The van der Waals surface area contributed by atoms with Crippen LogP contribution in [0.1, 0.15) is 11.1 Å². The summed E-state index contributed by atoms with van der Waals surface area (Å²) in [5.41, 5.74) is 2.66. The maximum atomic E-state index is 12.8. The van der Waals surface area contributed by atoms with Crippen molar-refractivity contribution in [3.63, 3.8) is 0 Å². The Labute approximate surface area is 167 Å². The first-order chi connectivity index (χ1) is 14.0. The molecule has 3 N–H and O–H groups in total. The zero-order chi connectivity index (χ0) is 20.4. The van der Waals surface area contributed by atoms with Crippen LogP contribution < -0.4 is 14.8 Å². The van der Waals surface area contributed by atoms with Crippen LogP contribution in [0.2, 0.25) is 0 Å². The predicted octanol–water partition coefficient (Wildman–Crippen LogP) is 2.54. The van der Waals surface area contributed by atoms with Crippen LogP contribution in [0.15, 0.2) is 48.7 Å². The highest BCUT2D eigenvalue weighted by molar-refractivity contribution is 5.87. The minimum absolute atomic E-state index is 0.197. The van der Waals surface area contributed by atoms with Gasteiger partial charge in [-0.2, -0.15) is 0 Å². The molecule has 7 nitrogen and oxygen atoms in total. The molecule has 2 atom stereocenters. The predicted molar refractivity (Wildman–Crippen MR) is 107 cm³/mol. The molecule has 1 aliphatic rings. The minimum Gasteiger partial charge on any atom is -0.497 e. The van der Waals surface area contributed by atoms with E-state index < -0.39 is 17.9 Å². The number of H-pyrrole nitrogens is 1. The van der Waals surface area contributed by atoms with E-state index in [2.05, 4.69) is 10.3 Å². The fourth-order valence-corrected chi connectivity index (χ4v) is 3.68. The van der Waals surface area contributed by atoms with Gasteiger partial charge in [0.2, 0.25) is 5.91 Å². The first-order valence-electron chi connectivity index (χ1n) is 9.43. The standard InChI is InChI=1S/C22H22N2O5/c1-28-16-6-7-20-13(9-16)8-15(12-29-20)21(25)24-19(22(26)27)10-14-11-23-18-5-3-2-4-17(14)18/h2-7,9,11,15,19,23H,8,10,12H2,1H3,(H,24,25)(H,26,27). The second-order valence-corrected chi connectivity index (χ2v) is 7.15. The Hall–Kier alpha value is -3.48. The lowest BCUT2D eigenvalue weighted by atomic mass is 9.95. The van der Waals surface area contributed by atoms with Crippen molar-refractivity contribution in [3.05, 3.63) is 59.8 Å². The number of aliphatic carboxylic acids is 1. The molecule has 3 aromatic rings. The quantitative estimate of drug-likeness (QED) is 0.597. The number of carbonyl (C=O) groups excluding carboxylic acids is 1. The second kappa shape index (κ2) is 7.87. The van der Waals surface area contributed by atoms with E-state index in [4.69, 9.17) is 9.47 Å². The number of carboxylic acids is 1. The second-order valence-electron chi connectivity index (χ2n) is 7.15. The number of ether oxygens (including phenoxy) is 2. The monoisotopic (exact) mass is 394 g/mol. The molecule has 4 rings (SSSR count). The maximum absolute atomic E-state index is 12.8. The number of benzene rings is 2. The first-order valence-corrected chi connectivity index (χ1v) is 9.43. The van der Waals surface area contributed by atoms with E-state index in [1.54, 1.807) is 19.4 Å². The average Bonchev–Trinajstić information content (AvgIpc) is 3.15. The van der Waals surface area contributed by atoms with Gasteiger partial charge in [0.1, 0.15) is 24.1 Å². The summed E-state index contributed by atoms with van der Waals surface area (Å²) in [6.45, 7) is 0.213. The summed E-state index contributed by atoms with van der Waals surface area (Å²) in [5.74, 6) is -0.438. The summed E-state index contributed by atoms with van der Waals surface area (Å²) in [4.78, 5) is 27.7. The number of amides is 1. The van der Waals surface area contributed by atoms with E-state index in [-0.39, 0.29) is 18.9 Å². The van der Waals surface area contributed by atoms with Gasteiger partial charge in [-0.05, 0) is 41.8 Å². The zero-order valence-corrected chi connectivity index (χ0v) is 16.0. The minimum atomic E-state index is -1.07. The van der Waals surface area contributed by atoms with E-state index in [9.17, 15) is 14.7 Å². The van der Waals surface area contributed by atoms with Gasteiger partial charge in [-0.1, -0.05) is 18.2 Å². The molecule has 0 bridgehead atoms. The molecule has 2 aromatic carbocycles. The topological polar surface area (TPSA) is 101 Å². The van der Waals surface area contributed by atoms with Crippen LogP contribution in [0.4, 0.5) is 0 Å². The van der Waals surface area contributed by atoms with Crippen molar-refractivity contribution >= 4 is 22.8 Å². The highest BCUT2D eigenvalue weighted by Gasteiger charge is 2.30. The van der Waals surface area contributed by atoms with E-state index in [0.29, 0.717) is 12.2 Å². The molecule has 0 saturated heterocycles. The third-order valence-electron chi connectivity index (χ3n) is 5.26. The number of carboxylic acid groups (broad SMARTS) is 1. The van der Waals surface area contributed by atoms with Gasteiger partial charge in [-0.15, -0.1) is 0 Å². The molecule has 1 aliphatic heterocycles. The molecule has 0 saturated carbocycles. The summed E-state index contributed by atoms with van der Waals surface area (Å²) in [7, 11) is 1.58. The number of hydrogen-bond acceptors (Lipinski definition) is 4. The Morgan fingerprint density at radius 3 is 2.93 bits per heavy atom. The number of para-hydroxylation sites is 1. The Kier molecular flexibility index (Phi) is 5.12. The number of aromatic amines is 1. The van der Waals surface area contributed by atoms with Gasteiger partial charge < -0.3 is 24.9 Å². The molecule has 2 unspecified atom stereocenters. The largest absolute Gasteiger partial charge is 0.497 e. The lowest BCUT2D eigenvalue weighted by Gasteiger charge is -2.26. The van der Waals surface area contributed by atoms with Gasteiger partial charge in [0, 0.05) is 23.5 Å². The Bertz CT molecular complexity index is 1060. The molecule has 0 spiro atoms. The summed E-state index contributed by atoms with van der Waals surface area (Å²) < 4.78 is 10.9. The van der Waals surface area contributed by atoms with Crippen LogP contribution >= 0.6 is 0 Å². The molecule has 0 fully saturated rings. The third kappa shape index (κ3) is 3.89. The fraction of sp³-hybridized carbons (Fsp3) is 0.273. The van der Waals surface area contributed by atoms with E-state index in [1.165, 1.54) is 0 Å². The SMILES string of the molecule is COc1ccc2c(c1)CC(C(=O)NC(Cc1c[nH]c3ccccc13)C(=O)O)CO2. The highest BCUT2D eigenvalue weighted by Crippen LogP contribution is 2.31. The molecule has 2 heterocycles. The van der Waals surface area contributed by atoms with Gasteiger partial charge in [-0.25, -0.2) is 4.79 Å². The number of hydrogen-bond donors (Lipinski definition) is 3. The molecule has 29 heavy (non-hydrogen) atoms. The van der Waals surface area contributed by atoms with Crippen LogP contribution in [-0.4, -0.2) is 41.7 Å². The third-order valence-corrected chi connectivity index (χ3v) is 5.26. The number of rotatable bonds is 6. The van der Waals surface area contributed by atoms with Crippen molar-refractivity contribution in [2.24, 2.45) is 5.92 Å². The summed E-state index contributed by atoms with van der Waals surface area (Å²) in [5, 5.41) is 13.3. The first kappa shape index (κ1) is 18.9. The zero-order valence-electron chi connectivity index (χ0n) is 16.0. The lowest BCUT2D eigenvalue weighted by Crippen LogP contribution is -2.47. The smallest absolute Gasteiger partial charge is 0.326 e. The molecule has 150 valence electrons.